The van der Waals surface area contributed by atoms with Crippen LogP contribution in [0.4, 0.5) is 5.69 Å². The summed E-state index contributed by atoms with van der Waals surface area (Å²) >= 11 is 0. The van der Waals surface area contributed by atoms with Crippen molar-refractivity contribution in [1.82, 2.24) is 9.78 Å². The minimum absolute atomic E-state index is 0.0151. The molecular weight excluding hydrogens is 250 g/mol. The zero-order valence-corrected chi connectivity index (χ0v) is 12.4. The molecule has 1 heterocycles. The Bertz CT molecular complexity index is 582. The van der Waals surface area contributed by atoms with Crippen molar-refractivity contribution < 1.29 is 4.79 Å². The van der Waals surface area contributed by atoms with Crippen LogP contribution in [-0.4, -0.2) is 15.7 Å². The Hall–Kier alpha value is -2.10. The molecule has 1 unspecified atom stereocenters. The normalized spacial score (nSPS) is 13.0. The first-order valence-corrected chi connectivity index (χ1v) is 6.79. The van der Waals surface area contributed by atoms with Gasteiger partial charge >= 0.3 is 0 Å². The van der Waals surface area contributed by atoms with Crippen molar-refractivity contribution in [3.05, 3.63) is 48.3 Å². The molecule has 0 aliphatic rings. The van der Waals surface area contributed by atoms with Crippen LogP contribution in [0.15, 0.2) is 42.7 Å². The third kappa shape index (κ3) is 3.07. The number of hydrogen-bond donors (Lipinski definition) is 1. The molecule has 1 aromatic heterocycles. The molecule has 2 rings (SSSR count). The molecule has 4 heteroatoms. The number of hydrogen-bond acceptors (Lipinski definition) is 2. The zero-order chi connectivity index (χ0) is 14.8. The Balaban J connectivity index is 2.20. The molecule has 1 N–H and O–H groups in total. The molecule has 0 aliphatic heterocycles. The van der Waals surface area contributed by atoms with Gasteiger partial charge in [0.15, 0.2) is 0 Å². The van der Waals surface area contributed by atoms with Crippen molar-refractivity contribution in [3.8, 4) is 0 Å². The highest BCUT2D eigenvalue weighted by Gasteiger charge is 2.21. The third-order valence-electron chi connectivity index (χ3n) is 3.29. The van der Waals surface area contributed by atoms with Crippen LogP contribution in [0, 0.1) is 0 Å². The van der Waals surface area contributed by atoms with Crippen molar-refractivity contribution >= 4 is 11.6 Å². The van der Waals surface area contributed by atoms with E-state index in [1.165, 1.54) is 0 Å². The molecule has 0 bridgehead atoms. The van der Waals surface area contributed by atoms with Crippen molar-refractivity contribution in [1.29, 1.82) is 0 Å². The number of nitrogens with one attached hydrogen (secondary N) is 1. The van der Waals surface area contributed by atoms with Crippen LogP contribution >= 0.6 is 0 Å². The molecule has 0 aliphatic carbocycles. The predicted molar refractivity (Wildman–Crippen MR) is 80.7 cm³/mol. The lowest BCUT2D eigenvalue weighted by atomic mass is 9.86. The molecule has 1 amide bonds. The van der Waals surface area contributed by atoms with Gasteiger partial charge in [-0.2, -0.15) is 5.10 Å². The minimum atomic E-state index is -0.335. The fourth-order valence-electron chi connectivity index (χ4n) is 2.11. The van der Waals surface area contributed by atoms with E-state index >= 15 is 0 Å². The monoisotopic (exact) mass is 271 g/mol. The van der Waals surface area contributed by atoms with Gasteiger partial charge in [-0.3, -0.25) is 9.48 Å². The Kier molecular flexibility index (Phi) is 3.93. The zero-order valence-electron chi connectivity index (χ0n) is 12.4. The second-order valence-corrected chi connectivity index (χ2v) is 5.95. The Morgan fingerprint density at radius 1 is 1.25 bits per heavy atom. The Morgan fingerprint density at radius 2 is 1.95 bits per heavy atom. The smallest absolute Gasteiger partial charge is 0.248 e. The predicted octanol–water partition coefficient (Wildman–Crippen LogP) is 3.38. The van der Waals surface area contributed by atoms with Crippen LogP contribution in [-0.2, 0) is 10.2 Å². The molecule has 0 fully saturated rings. The summed E-state index contributed by atoms with van der Waals surface area (Å²) < 4.78 is 1.65. The van der Waals surface area contributed by atoms with Crippen LogP contribution in [0.2, 0.25) is 0 Å². The van der Waals surface area contributed by atoms with E-state index in [-0.39, 0.29) is 17.4 Å². The number of benzene rings is 1. The van der Waals surface area contributed by atoms with Gasteiger partial charge in [-0.1, -0.05) is 39.0 Å². The van der Waals surface area contributed by atoms with Crippen LogP contribution in [0.1, 0.15) is 39.3 Å². The van der Waals surface area contributed by atoms with Gasteiger partial charge in [-0.25, -0.2) is 0 Å². The molecular formula is C16H21N3O. The van der Waals surface area contributed by atoms with Crippen LogP contribution in [0.5, 0.6) is 0 Å². The van der Waals surface area contributed by atoms with E-state index < -0.39 is 0 Å². The summed E-state index contributed by atoms with van der Waals surface area (Å²) in [5.41, 5.74) is 1.98. The summed E-state index contributed by atoms with van der Waals surface area (Å²) in [6.45, 7) is 8.24. The van der Waals surface area contributed by atoms with Gasteiger partial charge in [-0.05, 0) is 30.0 Å². The first-order chi connectivity index (χ1) is 9.39. The largest absolute Gasteiger partial charge is 0.324 e. The maximum atomic E-state index is 12.3. The minimum Gasteiger partial charge on any atom is -0.324 e. The maximum absolute atomic E-state index is 12.3. The number of anilines is 1. The topological polar surface area (TPSA) is 46.9 Å². The highest BCUT2D eigenvalue weighted by molar-refractivity contribution is 5.94. The Labute approximate surface area is 119 Å². The molecule has 0 radical (unpaired) electrons. The van der Waals surface area contributed by atoms with Gasteiger partial charge in [0.25, 0.3) is 0 Å². The van der Waals surface area contributed by atoms with E-state index in [0.29, 0.717) is 0 Å². The second-order valence-electron chi connectivity index (χ2n) is 5.95. The fraction of sp³-hybridized carbons (Fsp3) is 0.375. The standard InChI is InChI=1S/C16H21N3O/c1-12(19-11-7-10-17-19)15(20)18-14-9-6-5-8-13(14)16(2,3)4/h5-12H,1-4H3,(H,18,20). The van der Waals surface area contributed by atoms with E-state index in [1.54, 1.807) is 17.1 Å². The summed E-state index contributed by atoms with van der Waals surface area (Å²) in [7, 11) is 0. The lowest BCUT2D eigenvalue weighted by Gasteiger charge is -2.23. The average molecular weight is 271 g/mol. The molecule has 4 nitrogen and oxygen atoms in total. The molecule has 106 valence electrons. The van der Waals surface area contributed by atoms with Crippen molar-refractivity contribution in [2.75, 3.05) is 5.32 Å². The van der Waals surface area contributed by atoms with Crippen LogP contribution in [0.25, 0.3) is 0 Å². The lowest BCUT2D eigenvalue weighted by molar-refractivity contribution is -0.119. The van der Waals surface area contributed by atoms with Gasteiger partial charge in [0.2, 0.25) is 5.91 Å². The highest BCUT2D eigenvalue weighted by Crippen LogP contribution is 2.29. The van der Waals surface area contributed by atoms with E-state index in [9.17, 15) is 4.79 Å². The van der Waals surface area contributed by atoms with E-state index in [0.717, 1.165) is 11.3 Å². The van der Waals surface area contributed by atoms with Crippen molar-refractivity contribution in [3.63, 3.8) is 0 Å². The maximum Gasteiger partial charge on any atom is 0.248 e. The molecule has 0 spiro atoms. The third-order valence-corrected chi connectivity index (χ3v) is 3.29. The average Bonchev–Trinajstić information content (AvgIpc) is 2.91. The fourth-order valence-corrected chi connectivity index (χ4v) is 2.11. The summed E-state index contributed by atoms with van der Waals surface area (Å²) in [4.78, 5) is 12.3. The quantitative estimate of drug-likeness (QED) is 0.930. The molecule has 2 aromatic rings. The first kappa shape index (κ1) is 14.3. The van der Waals surface area contributed by atoms with Gasteiger partial charge in [0.1, 0.15) is 6.04 Å². The van der Waals surface area contributed by atoms with E-state index in [4.69, 9.17) is 0 Å². The molecule has 1 atom stereocenters. The number of rotatable bonds is 3. The second kappa shape index (κ2) is 5.49. The molecule has 0 saturated heterocycles. The highest BCUT2D eigenvalue weighted by atomic mass is 16.2. The number of aromatic nitrogens is 2. The number of nitrogens with zero attached hydrogens (tertiary/aromatic N) is 2. The van der Waals surface area contributed by atoms with Crippen LogP contribution in [0.3, 0.4) is 0 Å². The van der Waals surface area contributed by atoms with Gasteiger partial charge in [-0.15, -0.1) is 0 Å². The van der Waals surface area contributed by atoms with E-state index in [1.807, 2.05) is 37.3 Å². The first-order valence-electron chi connectivity index (χ1n) is 6.79. The van der Waals surface area contributed by atoms with Gasteiger partial charge < -0.3 is 5.32 Å². The number of carbonyl (C=O) groups is 1. The van der Waals surface area contributed by atoms with Gasteiger partial charge in [0, 0.05) is 18.1 Å². The SMILES string of the molecule is CC(C(=O)Nc1ccccc1C(C)(C)C)n1cccn1. The van der Waals surface area contributed by atoms with E-state index in [2.05, 4.69) is 31.2 Å². The number of amides is 1. The molecule has 0 saturated carbocycles. The number of carbonyl (C=O) groups excluding carboxylic acids is 1. The van der Waals surface area contributed by atoms with Crippen LogP contribution < -0.4 is 5.32 Å². The summed E-state index contributed by atoms with van der Waals surface area (Å²) in [6, 6.07) is 9.39. The summed E-state index contributed by atoms with van der Waals surface area (Å²) in [6.07, 6.45) is 3.47. The Morgan fingerprint density at radius 3 is 2.55 bits per heavy atom. The number of para-hydroxylation sites is 1. The molecule has 20 heavy (non-hydrogen) atoms. The molecule has 1 aromatic carbocycles. The van der Waals surface area contributed by atoms with Gasteiger partial charge in [0.05, 0.1) is 0 Å². The summed E-state index contributed by atoms with van der Waals surface area (Å²) in [5.74, 6) is -0.0644. The lowest BCUT2D eigenvalue weighted by Crippen LogP contribution is -2.25. The van der Waals surface area contributed by atoms with Crippen molar-refractivity contribution in [2.45, 2.75) is 39.2 Å². The summed E-state index contributed by atoms with van der Waals surface area (Å²) in [5, 5.41) is 7.11. The van der Waals surface area contributed by atoms with Crippen molar-refractivity contribution in [2.24, 2.45) is 0 Å².